The fourth-order valence-corrected chi connectivity index (χ4v) is 2.52. The average Bonchev–Trinajstić information content (AvgIpc) is 2.52. The van der Waals surface area contributed by atoms with Crippen LogP contribution in [-0.2, 0) is 11.3 Å². The number of aliphatic hydroxyl groups is 2. The van der Waals surface area contributed by atoms with E-state index in [-0.39, 0.29) is 31.8 Å². The Labute approximate surface area is 118 Å². The second-order valence-corrected chi connectivity index (χ2v) is 5.14. The number of carbonyl (C=O) groups is 1. The van der Waals surface area contributed by atoms with Crippen LogP contribution in [0.3, 0.4) is 0 Å². The molecule has 1 fully saturated rings. The van der Waals surface area contributed by atoms with Crippen molar-refractivity contribution in [1.82, 2.24) is 4.90 Å². The van der Waals surface area contributed by atoms with Crippen LogP contribution in [0.15, 0.2) is 30.3 Å². The molecule has 20 heavy (non-hydrogen) atoms. The van der Waals surface area contributed by atoms with E-state index in [1.54, 1.807) is 4.90 Å². The number of nitrogens with zero attached hydrogens (tertiary/aromatic N) is 1. The smallest absolute Gasteiger partial charge is 0.410 e. The van der Waals surface area contributed by atoms with Crippen molar-refractivity contribution in [3.8, 4) is 0 Å². The minimum absolute atomic E-state index is 0.100. The molecular weight excluding hydrogens is 258 g/mol. The highest BCUT2D eigenvalue weighted by molar-refractivity contribution is 5.68. The van der Waals surface area contributed by atoms with Crippen LogP contribution >= 0.6 is 0 Å². The summed E-state index contributed by atoms with van der Waals surface area (Å²) in [4.78, 5) is 13.6. The van der Waals surface area contributed by atoms with E-state index in [4.69, 9.17) is 9.84 Å². The van der Waals surface area contributed by atoms with Crippen molar-refractivity contribution in [3.05, 3.63) is 35.9 Å². The maximum absolute atomic E-state index is 12.1. The van der Waals surface area contributed by atoms with Gasteiger partial charge in [0.15, 0.2) is 0 Å². The molecule has 1 aliphatic rings. The number of likely N-dealkylation sites (tertiary alicyclic amines) is 1. The summed E-state index contributed by atoms with van der Waals surface area (Å²) < 4.78 is 5.28. The van der Waals surface area contributed by atoms with Gasteiger partial charge in [-0.05, 0) is 24.3 Å². The summed E-state index contributed by atoms with van der Waals surface area (Å²) in [6.45, 7) is 0.752. The van der Waals surface area contributed by atoms with Crippen LogP contribution in [0, 0.1) is 5.92 Å². The third-order valence-corrected chi connectivity index (χ3v) is 3.73. The van der Waals surface area contributed by atoms with Crippen LogP contribution in [-0.4, -0.2) is 47.0 Å². The van der Waals surface area contributed by atoms with Gasteiger partial charge in [-0.1, -0.05) is 30.3 Å². The van der Waals surface area contributed by atoms with Gasteiger partial charge in [-0.25, -0.2) is 4.79 Å². The summed E-state index contributed by atoms with van der Waals surface area (Å²) >= 11 is 0. The molecule has 0 aromatic heterocycles. The van der Waals surface area contributed by atoms with Gasteiger partial charge in [0.1, 0.15) is 6.61 Å². The summed E-state index contributed by atoms with van der Waals surface area (Å²) in [5.41, 5.74) is 0.937. The molecule has 1 amide bonds. The Hall–Kier alpha value is -1.59. The fraction of sp³-hybridized carbons (Fsp3) is 0.533. The minimum Gasteiger partial charge on any atom is -0.445 e. The number of piperidine rings is 1. The fourth-order valence-electron chi connectivity index (χ4n) is 2.52. The van der Waals surface area contributed by atoms with E-state index in [2.05, 4.69) is 0 Å². The van der Waals surface area contributed by atoms with E-state index < -0.39 is 6.09 Å². The zero-order valence-electron chi connectivity index (χ0n) is 11.4. The molecule has 110 valence electrons. The van der Waals surface area contributed by atoms with Crippen LogP contribution in [0.2, 0.25) is 0 Å². The van der Waals surface area contributed by atoms with E-state index >= 15 is 0 Å². The monoisotopic (exact) mass is 279 g/mol. The number of hydrogen-bond donors (Lipinski definition) is 2. The van der Waals surface area contributed by atoms with Gasteiger partial charge in [-0.2, -0.15) is 0 Å². The molecule has 5 nitrogen and oxygen atoms in total. The van der Waals surface area contributed by atoms with Gasteiger partial charge in [0, 0.05) is 13.2 Å². The molecule has 0 unspecified atom stereocenters. The summed E-state index contributed by atoms with van der Waals surface area (Å²) in [6.07, 6.45) is 0.963. The molecule has 1 saturated heterocycles. The van der Waals surface area contributed by atoms with Gasteiger partial charge in [-0.15, -0.1) is 0 Å². The Morgan fingerprint density at radius 1 is 1.25 bits per heavy atom. The predicted molar refractivity (Wildman–Crippen MR) is 74.0 cm³/mol. The van der Waals surface area contributed by atoms with E-state index in [1.165, 1.54) is 0 Å². The lowest BCUT2D eigenvalue weighted by Crippen LogP contribution is -2.48. The van der Waals surface area contributed by atoms with Crippen molar-refractivity contribution in [2.75, 3.05) is 19.8 Å². The van der Waals surface area contributed by atoms with Crippen molar-refractivity contribution < 1.29 is 19.7 Å². The highest BCUT2D eigenvalue weighted by Crippen LogP contribution is 2.23. The zero-order valence-corrected chi connectivity index (χ0v) is 11.4. The largest absolute Gasteiger partial charge is 0.445 e. The molecule has 0 aliphatic carbocycles. The molecule has 2 N–H and O–H groups in total. The van der Waals surface area contributed by atoms with Crippen molar-refractivity contribution >= 4 is 6.09 Å². The second kappa shape index (κ2) is 7.26. The number of aliphatic hydroxyl groups excluding tert-OH is 2. The third-order valence-electron chi connectivity index (χ3n) is 3.73. The molecule has 2 rings (SSSR count). The highest BCUT2D eigenvalue weighted by Gasteiger charge is 2.31. The summed E-state index contributed by atoms with van der Waals surface area (Å²) in [5, 5.41) is 18.5. The number of ether oxygens (including phenoxy) is 1. The maximum atomic E-state index is 12.1. The molecule has 0 radical (unpaired) electrons. The minimum atomic E-state index is -0.399. The number of hydrogen-bond acceptors (Lipinski definition) is 4. The van der Waals surface area contributed by atoms with E-state index in [0.717, 1.165) is 12.0 Å². The van der Waals surface area contributed by atoms with Crippen molar-refractivity contribution in [3.63, 3.8) is 0 Å². The average molecular weight is 279 g/mol. The first-order chi connectivity index (χ1) is 9.74. The standard InChI is InChI=1S/C15H21NO4/c17-9-13-6-7-16(14(8-13)10-18)15(19)20-11-12-4-2-1-3-5-12/h1-5,13-14,17-18H,6-11H2/t13-,14+/m1/s1. The van der Waals surface area contributed by atoms with Gasteiger partial charge in [0.2, 0.25) is 0 Å². The Balaban J connectivity index is 1.88. The molecule has 0 saturated carbocycles. The lowest BCUT2D eigenvalue weighted by Gasteiger charge is -2.37. The van der Waals surface area contributed by atoms with E-state index in [1.807, 2.05) is 30.3 Å². The van der Waals surface area contributed by atoms with Crippen molar-refractivity contribution in [2.45, 2.75) is 25.5 Å². The van der Waals surface area contributed by atoms with Gasteiger partial charge in [0.25, 0.3) is 0 Å². The number of rotatable bonds is 4. The van der Waals surface area contributed by atoms with Crippen LogP contribution in [0.5, 0.6) is 0 Å². The van der Waals surface area contributed by atoms with E-state index in [9.17, 15) is 9.90 Å². The van der Waals surface area contributed by atoms with Crippen molar-refractivity contribution in [2.24, 2.45) is 5.92 Å². The normalized spacial score (nSPS) is 22.6. The zero-order chi connectivity index (χ0) is 14.4. The first kappa shape index (κ1) is 14.8. The Kier molecular flexibility index (Phi) is 5.38. The summed E-state index contributed by atoms with van der Waals surface area (Å²) in [7, 11) is 0. The topological polar surface area (TPSA) is 70.0 Å². The van der Waals surface area contributed by atoms with Crippen LogP contribution < -0.4 is 0 Å². The molecule has 5 heteroatoms. The molecule has 1 aromatic rings. The lowest BCUT2D eigenvalue weighted by atomic mass is 9.92. The molecule has 0 spiro atoms. The summed E-state index contributed by atoms with van der Waals surface area (Å²) in [5.74, 6) is 0.158. The first-order valence-corrected chi connectivity index (χ1v) is 6.93. The maximum Gasteiger partial charge on any atom is 0.410 e. The Bertz CT molecular complexity index is 423. The SMILES string of the molecule is O=C(OCc1ccccc1)N1CC[C@@H](CO)C[C@H]1CO. The molecule has 1 aromatic carbocycles. The van der Waals surface area contributed by atoms with E-state index in [0.29, 0.717) is 13.0 Å². The van der Waals surface area contributed by atoms with Crippen molar-refractivity contribution in [1.29, 1.82) is 0 Å². The van der Waals surface area contributed by atoms with Crippen LogP contribution in [0.4, 0.5) is 4.79 Å². The van der Waals surface area contributed by atoms with Gasteiger partial charge in [0.05, 0.1) is 12.6 Å². The number of amides is 1. The molecular formula is C15H21NO4. The quantitative estimate of drug-likeness (QED) is 0.874. The third kappa shape index (κ3) is 3.71. The second-order valence-electron chi connectivity index (χ2n) is 5.14. The number of benzene rings is 1. The molecule has 1 aliphatic heterocycles. The number of carbonyl (C=O) groups excluding carboxylic acids is 1. The van der Waals surface area contributed by atoms with Gasteiger partial charge in [-0.3, -0.25) is 0 Å². The summed E-state index contributed by atoms with van der Waals surface area (Å²) in [6, 6.07) is 9.24. The highest BCUT2D eigenvalue weighted by atomic mass is 16.6. The molecule has 2 atom stereocenters. The van der Waals surface area contributed by atoms with Crippen LogP contribution in [0.1, 0.15) is 18.4 Å². The Morgan fingerprint density at radius 2 is 2.00 bits per heavy atom. The molecule has 0 bridgehead atoms. The Morgan fingerprint density at radius 3 is 2.65 bits per heavy atom. The van der Waals surface area contributed by atoms with Gasteiger partial charge < -0.3 is 19.8 Å². The lowest BCUT2D eigenvalue weighted by molar-refractivity contribution is 0.0278. The predicted octanol–water partition coefficient (Wildman–Crippen LogP) is 1.39. The first-order valence-electron chi connectivity index (χ1n) is 6.93. The molecule has 1 heterocycles. The van der Waals surface area contributed by atoms with Gasteiger partial charge >= 0.3 is 6.09 Å². The van der Waals surface area contributed by atoms with Crippen LogP contribution in [0.25, 0.3) is 0 Å².